The van der Waals surface area contributed by atoms with Gasteiger partial charge in [0.25, 0.3) is 0 Å². The molecule has 2 heterocycles. The summed E-state index contributed by atoms with van der Waals surface area (Å²) < 4.78 is 5.08. The zero-order chi connectivity index (χ0) is 9.47. The Morgan fingerprint density at radius 1 is 1.62 bits per heavy atom. The van der Waals surface area contributed by atoms with Gasteiger partial charge in [-0.05, 0) is 18.6 Å². The predicted octanol–water partition coefficient (Wildman–Crippen LogP) is 1.23. The second-order valence-electron chi connectivity index (χ2n) is 3.42. The maximum absolute atomic E-state index is 6.05. The summed E-state index contributed by atoms with van der Waals surface area (Å²) in [5, 5.41) is 0.710. The van der Waals surface area contributed by atoms with Crippen molar-refractivity contribution in [2.24, 2.45) is 5.73 Å². The first-order chi connectivity index (χ1) is 6.13. The van der Waals surface area contributed by atoms with Crippen LogP contribution in [0.25, 0.3) is 0 Å². The van der Waals surface area contributed by atoms with E-state index in [1.165, 1.54) is 0 Å². The highest BCUT2D eigenvalue weighted by atomic mass is 35.5. The molecular weight excluding hydrogens is 188 g/mol. The Kier molecular flexibility index (Phi) is 2.02. The third kappa shape index (κ3) is 1.33. The largest absolute Gasteiger partial charge is 0.377 e. The lowest BCUT2D eigenvalue weighted by Gasteiger charge is -2.38. The fraction of sp³-hybridized carbons (Fsp3) is 0.444. The maximum Gasteiger partial charge on any atom is 0.106 e. The van der Waals surface area contributed by atoms with Gasteiger partial charge in [0, 0.05) is 11.2 Å². The SMILES string of the molecule is Cc1c(Cl)ccnc1C1(N)COC1. The Hall–Kier alpha value is -0.640. The molecule has 1 aromatic heterocycles. The van der Waals surface area contributed by atoms with Gasteiger partial charge >= 0.3 is 0 Å². The smallest absolute Gasteiger partial charge is 0.106 e. The van der Waals surface area contributed by atoms with Crippen molar-refractivity contribution in [1.29, 1.82) is 0 Å². The van der Waals surface area contributed by atoms with Crippen molar-refractivity contribution in [1.82, 2.24) is 4.98 Å². The van der Waals surface area contributed by atoms with Crippen LogP contribution in [-0.2, 0) is 10.3 Å². The first-order valence-electron chi connectivity index (χ1n) is 4.12. The molecule has 0 bridgehead atoms. The van der Waals surface area contributed by atoms with Crippen molar-refractivity contribution < 1.29 is 4.74 Å². The Morgan fingerprint density at radius 3 is 2.85 bits per heavy atom. The van der Waals surface area contributed by atoms with Crippen LogP contribution in [0.5, 0.6) is 0 Å². The molecule has 0 unspecified atom stereocenters. The van der Waals surface area contributed by atoms with E-state index in [1.807, 2.05) is 6.92 Å². The van der Waals surface area contributed by atoms with E-state index in [2.05, 4.69) is 4.98 Å². The van der Waals surface area contributed by atoms with Gasteiger partial charge in [0.15, 0.2) is 0 Å². The van der Waals surface area contributed by atoms with Crippen LogP contribution in [0.1, 0.15) is 11.3 Å². The number of hydrogen-bond donors (Lipinski definition) is 1. The summed E-state index contributed by atoms with van der Waals surface area (Å²) in [5.41, 5.74) is 7.43. The lowest BCUT2D eigenvalue weighted by atomic mass is 9.91. The fourth-order valence-electron chi connectivity index (χ4n) is 1.47. The minimum Gasteiger partial charge on any atom is -0.377 e. The summed E-state index contributed by atoms with van der Waals surface area (Å²) >= 11 is 5.96. The van der Waals surface area contributed by atoms with Crippen molar-refractivity contribution >= 4 is 11.6 Å². The molecule has 0 radical (unpaired) electrons. The second kappa shape index (κ2) is 2.94. The molecule has 70 valence electrons. The van der Waals surface area contributed by atoms with Gasteiger partial charge in [0.1, 0.15) is 5.54 Å². The number of aromatic nitrogens is 1. The molecule has 0 spiro atoms. The summed E-state index contributed by atoms with van der Waals surface area (Å²) in [7, 11) is 0. The van der Waals surface area contributed by atoms with Crippen molar-refractivity contribution in [3.05, 3.63) is 28.5 Å². The molecule has 1 aliphatic heterocycles. The quantitative estimate of drug-likeness (QED) is 0.739. The molecule has 0 aliphatic carbocycles. The van der Waals surface area contributed by atoms with Gasteiger partial charge in [-0.3, -0.25) is 4.98 Å². The van der Waals surface area contributed by atoms with Gasteiger partial charge in [-0.2, -0.15) is 0 Å². The van der Waals surface area contributed by atoms with Gasteiger partial charge in [-0.25, -0.2) is 0 Å². The average Bonchev–Trinajstić information content (AvgIpc) is 2.06. The van der Waals surface area contributed by atoms with Gasteiger partial charge in [-0.15, -0.1) is 0 Å². The van der Waals surface area contributed by atoms with E-state index < -0.39 is 5.54 Å². The predicted molar refractivity (Wildman–Crippen MR) is 50.7 cm³/mol. The number of hydrogen-bond acceptors (Lipinski definition) is 3. The lowest BCUT2D eigenvalue weighted by Crippen LogP contribution is -2.55. The summed E-state index contributed by atoms with van der Waals surface area (Å²) in [5.74, 6) is 0. The molecule has 1 fully saturated rings. The Morgan fingerprint density at radius 2 is 2.31 bits per heavy atom. The van der Waals surface area contributed by atoms with E-state index >= 15 is 0 Å². The first-order valence-corrected chi connectivity index (χ1v) is 4.49. The minimum absolute atomic E-state index is 0.422. The van der Waals surface area contributed by atoms with Gasteiger partial charge < -0.3 is 10.5 Å². The Bertz CT molecular complexity index is 336. The van der Waals surface area contributed by atoms with E-state index in [0.29, 0.717) is 18.2 Å². The molecule has 1 saturated heterocycles. The normalized spacial score (nSPS) is 19.6. The minimum atomic E-state index is -0.422. The third-order valence-corrected chi connectivity index (χ3v) is 2.74. The molecule has 3 nitrogen and oxygen atoms in total. The summed E-state index contributed by atoms with van der Waals surface area (Å²) in [4.78, 5) is 4.24. The molecule has 13 heavy (non-hydrogen) atoms. The van der Waals surface area contributed by atoms with E-state index in [1.54, 1.807) is 12.3 Å². The lowest BCUT2D eigenvalue weighted by molar-refractivity contribution is -0.0593. The average molecular weight is 199 g/mol. The van der Waals surface area contributed by atoms with Crippen molar-refractivity contribution in [2.45, 2.75) is 12.5 Å². The van der Waals surface area contributed by atoms with Crippen molar-refractivity contribution in [3.63, 3.8) is 0 Å². The van der Waals surface area contributed by atoms with Crippen LogP contribution in [0.2, 0.25) is 5.02 Å². The van der Waals surface area contributed by atoms with Crippen LogP contribution in [-0.4, -0.2) is 18.2 Å². The van der Waals surface area contributed by atoms with Crippen molar-refractivity contribution in [2.75, 3.05) is 13.2 Å². The van der Waals surface area contributed by atoms with Crippen LogP contribution in [0.15, 0.2) is 12.3 Å². The molecule has 4 heteroatoms. The van der Waals surface area contributed by atoms with E-state index in [0.717, 1.165) is 11.3 Å². The summed E-state index contributed by atoms with van der Waals surface area (Å²) in [6, 6.07) is 1.77. The van der Waals surface area contributed by atoms with E-state index in [9.17, 15) is 0 Å². The fourth-order valence-corrected chi connectivity index (χ4v) is 1.62. The molecule has 2 rings (SSSR count). The standard InChI is InChI=1S/C9H11ClN2O/c1-6-7(10)2-3-12-8(6)9(11)4-13-5-9/h2-3H,4-5,11H2,1H3. The molecule has 0 amide bonds. The maximum atomic E-state index is 6.05. The van der Waals surface area contributed by atoms with Crippen LogP contribution in [0.3, 0.4) is 0 Å². The second-order valence-corrected chi connectivity index (χ2v) is 3.82. The van der Waals surface area contributed by atoms with Gasteiger partial charge in [0.05, 0.1) is 18.9 Å². The zero-order valence-electron chi connectivity index (χ0n) is 7.38. The molecular formula is C9H11ClN2O. The van der Waals surface area contributed by atoms with E-state index in [-0.39, 0.29) is 0 Å². The van der Waals surface area contributed by atoms with E-state index in [4.69, 9.17) is 22.1 Å². The molecule has 0 saturated carbocycles. The number of nitrogens with two attached hydrogens (primary N) is 1. The Balaban J connectivity index is 2.45. The number of nitrogens with zero attached hydrogens (tertiary/aromatic N) is 1. The van der Waals surface area contributed by atoms with Crippen LogP contribution in [0.4, 0.5) is 0 Å². The molecule has 1 aliphatic rings. The van der Waals surface area contributed by atoms with Gasteiger partial charge in [-0.1, -0.05) is 11.6 Å². The van der Waals surface area contributed by atoms with Crippen molar-refractivity contribution in [3.8, 4) is 0 Å². The summed E-state index contributed by atoms with van der Waals surface area (Å²) in [6.45, 7) is 2.99. The number of pyridine rings is 1. The van der Waals surface area contributed by atoms with Crippen LogP contribution >= 0.6 is 11.6 Å². The molecule has 0 aromatic carbocycles. The highest BCUT2D eigenvalue weighted by molar-refractivity contribution is 6.31. The zero-order valence-corrected chi connectivity index (χ0v) is 8.14. The molecule has 1 aromatic rings. The highest BCUT2D eigenvalue weighted by Crippen LogP contribution is 2.30. The summed E-state index contributed by atoms with van der Waals surface area (Å²) in [6.07, 6.45) is 1.68. The number of rotatable bonds is 1. The highest BCUT2D eigenvalue weighted by Gasteiger charge is 2.38. The Labute approximate surface area is 81.9 Å². The number of halogens is 1. The monoisotopic (exact) mass is 198 g/mol. The number of ether oxygens (including phenoxy) is 1. The van der Waals surface area contributed by atoms with Gasteiger partial charge in [0.2, 0.25) is 0 Å². The molecule has 2 N–H and O–H groups in total. The third-order valence-electron chi connectivity index (χ3n) is 2.33. The van der Waals surface area contributed by atoms with Crippen LogP contribution < -0.4 is 5.73 Å². The molecule has 0 atom stereocenters. The first kappa shape index (κ1) is 8.94. The topological polar surface area (TPSA) is 48.1 Å². The van der Waals surface area contributed by atoms with Crippen LogP contribution in [0, 0.1) is 6.92 Å².